The molecule has 10 rings (SSSR count). The van der Waals surface area contributed by atoms with E-state index in [0.717, 1.165) is 16.6 Å². The maximum absolute atomic E-state index is 15.2. The summed E-state index contributed by atoms with van der Waals surface area (Å²) in [4.78, 5) is 67.1. The minimum Gasteiger partial charge on any atom is -0.480 e. The number of carbonyl (C=O) groups excluding carboxylic acids is 3. The molecule has 16 nitrogen and oxygen atoms in total. The molecule has 3 saturated heterocycles. The van der Waals surface area contributed by atoms with Crippen molar-refractivity contribution in [3.05, 3.63) is 63.7 Å². The normalized spacial score (nSPS) is 21.9. The molecule has 2 atom stereocenters. The third-order valence-corrected chi connectivity index (χ3v) is 13.4. The second-order valence-corrected chi connectivity index (χ2v) is 17.5. The molecule has 1 saturated carbocycles. The van der Waals surface area contributed by atoms with Crippen molar-refractivity contribution in [1.82, 2.24) is 34.5 Å². The minimum absolute atomic E-state index is 0.109. The summed E-state index contributed by atoms with van der Waals surface area (Å²) in [5.74, 6) is -3.72. The van der Waals surface area contributed by atoms with Crippen LogP contribution in [0.1, 0.15) is 50.1 Å². The minimum atomic E-state index is -3.15. The molecule has 3 aromatic heterocycles. The van der Waals surface area contributed by atoms with Crippen LogP contribution in [0.3, 0.4) is 0 Å². The highest BCUT2D eigenvalue weighted by molar-refractivity contribution is 6.33. The fraction of sp³-hybridized carbons (Fsp3) is 0.465. The highest BCUT2D eigenvalue weighted by atomic mass is 35.5. The van der Waals surface area contributed by atoms with E-state index in [-0.39, 0.29) is 52.4 Å². The fourth-order valence-electron chi connectivity index (χ4n) is 9.58. The summed E-state index contributed by atoms with van der Waals surface area (Å²) >= 11 is 6.61. The number of halogens is 3. The molecule has 19 heteroatoms. The summed E-state index contributed by atoms with van der Waals surface area (Å²) in [6, 6.07) is 10.1. The van der Waals surface area contributed by atoms with E-state index in [9.17, 15) is 19.2 Å². The number of aryl methyl sites for hydroxylation is 2. The molecule has 5 aliphatic rings. The molecule has 3 N–H and O–H groups in total. The molecule has 5 aromatic rings. The smallest absolute Gasteiger partial charge is 0.301 e. The molecular weight excluding hydrogens is 824 g/mol. The standard InChI is InChI=1S/C43H46ClF2N11O5/c1-53-30-10-8-25(20-28(30)34-36(41(53)61)62-22-43(45,46)37(50-34)23-6-7-23)48-38-29(44)21-47-42(51-38)57-18-16-56(17-19-57)40(60)24-12-14-55(15-13-24)31-5-3-4-26-33(52-54(2)35(26)31)27-9-11-32(58)49-39(27)59/h3-5,8,10,20-21,23-24,27,37,50H,6-7,9,11-19,22H2,1-2H3,(H,47,48,51)(H,49,58,59)/t27?,37-/m0/s1. The van der Waals surface area contributed by atoms with Crippen LogP contribution in [0.4, 0.5) is 37.6 Å². The number of hydrogen-bond donors (Lipinski definition) is 3. The Balaban J connectivity index is 0.791. The largest absolute Gasteiger partial charge is 0.480 e. The quantitative estimate of drug-likeness (QED) is 0.189. The molecule has 7 heterocycles. The Bertz CT molecular complexity index is 2710. The van der Waals surface area contributed by atoms with Gasteiger partial charge in [0.1, 0.15) is 5.02 Å². The van der Waals surface area contributed by atoms with Crippen LogP contribution >= 0.6 is 11.6 Å². The molecule has 62 heavy (non-hydrogen) atoms. The Hall–Kier alpha value is -6.04. The van der Waals surface area contributed by atoms with E-state index in [1.807, 2.05) is 33.7 Å². The van der Waals surface area contributed by atoms with Crippen molar-refractivity contribution in [3.8, 4) is 5.75 Å². The first kappa shape index (κ1) is 40.1. The van der Waals surface area contributed by atoms with Gasteiger partial charge in [-0.15, -0.1) is 0 Å². The molecule has 4 fully saturated rings. The van der Waals surface area contributed by atoms with Crippen LogP contribution in [0.15, 0.2) is 47.4 Å². The molecular formula is C43H46ClF2N11O5. The van der Waals surface area contributed by atoms with Crippen molar-refractivity contribution in [2.24, 2.45) is 25.9 Å². The predicted molar refractivity (Wildman–Crippen MR) is 230 cm³/mol. The first-order chi connectivity index (χ1) is 29.8. The van der Waals surface area contributed by atoms with Crippen molar-refractivity contribution in [3.63, 3.8) is 0 Å². The molecule has 4 aliphatic heterocycles. The first-order valence-corrected chi connectivity index (χ1v) is 21.5. The molecule has 3 amide bonds. The number of rotatable bonds is 7. The highest BCUT2D eigenvalue weighted by Crippen LogP contribution is 2.46. The number of pyridine rings is 1. The Labute approximate surface area is 359 Å². The number of fused-ring (bicyclic) bond motifs is 4. The number of amides is 3. The van der Waals surface area contributed by atoms with E-state index in [1.165, 1.54) is 10.8 Å². The van der Waals surface area contributed by atoms with Gasteiger partial charge in [0, 0.05) is 82.2 Å². The number of piperazine rings is 1. The Morgan fingerprint density at radius 2 is 1.73 bits per heavy atom. The Morgan fingerprint density at radius 3 is 2.47 bits per heavy atom. The van der Waals surface area contributed by atoms with Crippen LogP contribution in [-0.2, 0) is 28.5 Å². The van der Waals surface area contributed by atoms with Gasteiger partial charge < -0.3 is 34.6 Å². The Kier molecular flexibility index (Phi) is 9.95. The molecule has 324 valence electrons. The number of imide groups is 1. The lowest BCUT2D eigenvalue weighted by Gasteiger charge is -2.39. The van der Waals surface area contributed by atoms with Gasteiger partial charge in [0.15, 0.2) is 12.4 Å². The molecule has 0 bridgehead atoms. The van der Waals surface area contributed by atoms with E-state index in [2.05, 4.69) is 31.9 Å². The number of aromatic nitrogens is 5. The molecule has 1 aliphatic carbocycles. The predicted octanol–water partition coefficient (Wildman–Crippen LogP) is 4.92. The molecule has 0 radical (unpaired) electrons. The lowest BCUT2D eigenvalue weighted by Crippen LogP contribution is -2.52. The van der Waals surface area contributed by atoms with E-state index in [0.29, 0.717) is 105 Å². The number of anilines is 5. The lowest BCUT2D eigenvalue weighted by molar-refractivity contribution is -0.137. The van der Waals surface area contributed by atoms with Crippen LogP contribution in [0.5, 0.6) is 5.75 Å². The average Bonchev–Trinajstić information content (AvgIpc) is 4.07. The monoisotopic (exact) mass is 869 g/mol. The van der Waals surface area contributed by atoms with Gasteiger partial charge in [0.2, 0.25) is 29.4 Å². The topological polar surface area (TPSA) is 172 Å². The van der Waals surface area contributed by atoms with Gasteiger partial charge in [0.05, 0.1) is 46.3 Å². The number of piperidine rings is 2. The number of para-hydroxylation sites is 1. The van der Waals surface area contributed by atoms with Crippen LogP contribution in [0, 0.1) is 11.8 Å². The van der Waals surface area contributed by atoms with Crippen molar-refractivity contribution >= 4 is 80.0 Å². The highest BCUT2D eigenvalue weighted by Gasteiger charge is 2.51. The number of carbonyl (C=O) groups is 3. The zero-order valence-electron chi connectivity index (χ0n) is 34.3. The van der Waals surface area contributed by atoms with E-state index < -0.39 is 30.0 Å². The molecule has 0 spiro atoms. The second kappa shape index (κ2) is 15.4. The van der Waals surface area contributed by atoms with Crippen molar-refractivity contribution in [2.45, 2.75) is 56.4 Å². The van der Waals surface area contributed by atoms with Crippen LogP contribution in [0.2, 0.25) is 5.02 Å². The summed E-state index contributed by atoms with van der Waals surface area (Å²) in [6.45, 7) is 2.59. The maximum atomic E-state index is 15.2. The zero-order valence-corrected chi connectivity index (χ0v) is 35.1. The van der Waals surface area contributed by atoms with Crippen molar-refractivity contribution in [1.29, 1.82) is 0 Å². The second-order valence-electron chi connectivity index (χ2n) is 17.1. The van der Waals surface area contributed by atoms with Gasteiger partial charge >= 0.3 is 5.92 Å². The number of nitrogens with zero attached hydrogens (tertiary/aromatic N) is 8. The number of benzene rings is 2. The average molecular weight is 870 g/mol. The summed E-state index contributed by atoms with van der Waals surface area (Å²) in [5.41, 5.74) is 3.49. The van der Waals surface area contributed by atoms with Crippen LogP contribution < -0.4 is 36.0 Å². The molecule has 2 aromatic carbocycles. The van der Waals surface area contributed by atoms with Gasteiger partial charge in [-0.05, 0) is 62.3 Å². The summed E-state index contributed by atoms with van der Waals surface area (Å²) in [5, 5.41) is 15.2. The SMILES string of the molecule is Cn1nc(C2CCC(=O)NC2=O)c2cccc(N3CCC(C(=O)N4CCN(c5ncc(Cl)c(Nc6ccc7c(c6)c6c(c(=O)n7C)OCC(F)(F)[C@H](C7CC7)N6)n5)CC4)CC3)c21. The summed E-state index contributed by atoms with van der Waals surface area (Å²) in [7, 11) is 3.46. The number of ether oxygens (including phenoxy) is 1. The van der Waals surface area contributed by atoms with E-state index in [4.69, 9.17) is 26.4 Å². The van der Waals surface area contributed by atoms with Crippen LogP contribution in [-0.4, -0.2) is 105 Å². The third kappa shape index (κ3) is 7.10. The third-order valence-electron chi connectivity index (χ3n) is 13.1. The summed E-state index contributed by atoms with van der Waals surface area (Å²) in [6.07, 6.45) is 5.00. The summed E-state index contributed by atoms with van der Waals surface area (Å²) < 4.78 is 39.0. The van der Waals surface area contributed by atoms with Gasteiger partial charge in [-0.2, -0.15) is 10.1 Å². The number of hydrogen-bond acceptors (Lipinski definition) is 12. The van der Waals surface area contributed by atoms with Gasteiger partial charge in [-0.25, -0.2) is 13.8 Å². The number of nitrogens with one attached hydrogen (secondary N) is 3. The van der Waals surface area contributed by atoms with E-state index in [1.54, 1.807) is 25.2 Å². The zero-order chi connectivity index (χ0) is 43.0. The maximum Gasteiger partial charge on any atom is 0.301 e. The van der Waals surface area contributed by atoms with E-state index >= 15 is 8.78 Å². The van der Waals surface area contributed by atoms with Gasteiger partial charge in [0.25, 0.3) is 5.56 Å². The Morgan fingerprint density at radius 1 is 0.952 bits per heavy atom. The van der Waals surface area contributed by atoms with Crippen molar-refractivity contribution in [2.75, 3.05) is 66.3 Å². The van der Waals surface area contributed by atoms with Crippen LogP contribution in [0.25, 0.3) is 21.8 Å². The first-order valence-electron chi connectivity index (χ1n) is 21.2. The van der Waals surface area contributed by atoms with Crippen molar-refractivity contribution < 1.29 is 27.9 Å². The fourth-order valence-corrected chi connectivity index (χ4v) is 9.72. The van der Waals surface area contributed by atoms with Gasteiger partial charge in [-0.1, -0.05) is 23.7 Å². The number of alkyl halides is 2. The lowest BCUT2D eigenvalue weighted by atomic mass is 9.92. The molecule has 1 unspecified atom stereocenters. The van der Waals surface area contributed by atoms with Gasteiger partial charge in [-0.3, -0.25) is 29.2 Å².